The molecule has 0 bridgehead atoms. The zero-order valence-electron chi connectivity index (χ0n) is 37.6. The summed E-state index contributed by atoms with van der Waals surface area (Å²) < 4.78 is 33.7. The summed E-state index contributed by atoms with van der Waals surface area (Å²) in [4.78, 5) is 0. The van der Waals surface area contributed by atoms with E-state index in [1.165, 1.54) is 66.1 Å². The van der Waals surface area contributed by atoms with Crippen LogP contribution in [0.3, 0.4) is 0 Å². The van der Waals surface area contributed by atoms with Crippen molar-refractivity contribution in [2.24, 2.45) is 10.8 Å². The van der Waals surface area contributed by atoms with Gasteiger partial charge in [-0.1, -0.05) is 167 Å². The van der Waals surface area contributed by atoms with E-state index in [4.69, 9.17) is 17.0 Å². The van der Waals surface area contributed by atoms with Crippen molar-refractivity contribution >= 4 is 48.1 Å². The van der Waals surface area contributed by atoms with E-state index in [2.05, 4.69) is 192 Å². The van der Waals surface area contributed by atoms with Gasteiger partial charge in [-0.2, -0.15) is 25.3 Å². The van der Waals surface area contributed by atoms with Crippen molar-refractivity contribution in [1.82, 2.24) is 0 Å². The summed E-state index contributed by atoms with van der Waals surface area (Å²) in [6.45, 7) is 29.2. The summed E-state index contributed by atoms with van der Waals surface area (Å²) >= 11 is -0.826. The number of hydrogen-bond acceptors (Lipinski definition) is 0. The molecule has 0 saturated heterocycles. The van der Waals surface area contributed by atoms with Gasteiger partial charge in [-0.05, 0) is 56.8 Å². The summed E-state index contributed by atoms with van der Waals surface area (Å²) in [5.74, 6) is 0. The summed E-state index contributed by atoms with van der Waals surface area (Å²) in [6, 6.07) is 41.2. The zero-order valence-corrected chi connectivity index (χ0v) is 42.6. The SMILES string of the molecule is CC(C)(C)Cc1cc2c(-c3ccc(C(C)(C)C)cc3)cccc2[cH-]1.CC(C)(C)Cc1cc2c(-c3ccc(C(C)(C)C)cc3)cccc2[cH-]1.C[Si]CCC(F)(F)F.[Cl][Zr+2][Cl]. The third-order valence-corrected chi connectivity index (χ3v) is 10.6. The van der Waals surface area contributed by atoms with Crippen molar-refractivity contribution in [3.63, 3.8) is 0 Å². The van der Waals surface area contributed by atoms with Crippen LogP contribution in [0.25, 0.3) is 43.8 Å². The van der Waals surface area contributed by atoms with E-state index in [9.17, 15) is 13.2 Å². The standard InChI is InChI=1S/2C24H29.C4H7F3Si.2ClH.Zr/c2*1-23(2,3)16-17-14-19-8-7-9-21(22(19)15-17)18-10-12-20(13-11-18)24(4,5)6;1-8-3-2-4(5,6)7;;;/h2*7-15H,16H2,1-6H3;2-3H2,1H3;2*1H;/q2*-1;;;;+4/p-2. The minimum absolute atomic E-state index is 0.199. The molecule has 6 aromatic carbocycles. The molecular weight excluding hydrogens is 872 g/mol. The van der Waals surface area contributed by atoms with E-state index in [1.807, 2.05) is 0 Å². The Bertz CT molecular complexity index is 2020. The number of benzene rings is 4. The molecule has 0 fully saturated rings. The van der Waals surface area contributed by atoms with Crippen molar-refractivity contribution in [2.45, 2.75) is 132 Å². The second kappa shape index (κ2) is 21.6. The molecule has 59 heavy (non-hydrogen) atoms. The Kier molecular flexibility index (Phi) is 18.6. The van der Waals surface area contributed by atoms with Crippen molar-refractivity contribution in [1.29, 1.82) is 0 Å². The monoisotopic (exact) mass is 934 g/mol. The van der Waals surface area contributed by atoms with Crippen LogP contribution in [0.5, 0.6) is 0 Å². The first-order valence-electron chi connectivity index (χ1n) is 20.5. The van der Waals surface area contributed by atoms with Crippen LogP contribution in [0.1, 0.15) is 112 Å². The van der Waals surface area contributed by atoms with E-state index in [0.29, 0.717) is 20.3 Å². The molecule has 0 spiro atoms. The average molecular weight is 937 g/mol. The Hall–Kier alpha value is -2.43. The maximum absolute atomic E-state index is 11.2. The molecule has 0 amide bonds. The number of halogens is 5. The van der Waals surface area contributed by atoms with Gasteiger partial charge in [0.1, 0.15) is 0 Å². The molecule has 0 unspecified atom stereocenters. The van der Waals surface area contributed by atoms with Crippen LogP contribution < -0.4 is 0 Å². The summed E-state index contributed by atoms with van der Waals surface area (Å²) in [7, 11) is 10.3. The molecule has 6 aromatic rings. The number of alkyl halides is 3. The van der Waals surface area contributed by atoms with Gasteiger partial charge in [-0.15, -0.1) is 69.1 Å². The third kappa shape index (κ3) is 17.1. The molecule has 0 heterocycles. The van der Waals surface area contributed by atoms with Crippen molar-refractivity contribution < 1.29 is 34.0 Å². The fourth-order valence-corrected chi connectivity index (χ4v) is 7.63. The normalized spacial score (nSPS) is 12.2. The van der Waals surface area contributed by atoms with E-state index in [1.54, 1.807) is 6.55 Å². The van der Waals surface area contributed by atoms with E-state index < -0.39 is 33.4 Å². The van der Waals surface area contributed by atoms with Crippen LogP contribution in [-0.2, 0) is 44.5 Å². The first kappa shape index (κ1) is 50.9. The molecule has 2 radical (unpaired) electrons. The van der Waals surface area contributed by atoms with E-state index in [0.717, 1.165) is 12.8 Å². The molecule has 0 aliphatic carbocycles. The molecule has 0 aromatic heterocycles. The van der Waals surface area contributed by atoms with Gasteiger partial charge >= 0.3 is 44.1 Å². The topological polar surface area (TPSA) is 0 Å². The molecular formula is C52H65Cl2F3SiZr. The molecule has 0 aliphatic heterocycles. The first-order chi connectivity index (χ1) is 27.2. The average Bonchev–Trinajstić information content (AvgIpc) is 3.72. The Morgan fingerprint density at radius 3 is 1.14 bits per heavy atom. The van der Waals surface area contributed by atoms with Gasteiger partial charge < -0.3 is 0 Å². The molecule has 0 atom stereocenters. The van der Waals surface area contributed by atoms with Crippen LogP contribution in [0, 0.1) is 10.8 Å². The first-order valence-corrected chi connectivity index (χ1v) is 28.5. The fraction of sp³-hybridized carbons (Fsp3) is 0.423. The van der Waals surface area contributed by atoms with E-state index >= 15 is 0 Å². The number of fused-ring (bicyclic) bond motifs is 2. The van der Waals surface area contributed by atoms with Gasteiger partial charge in [0, 0.05) is 15.9 Å². The van der Waals surface area contributed by atoms with Gasteiger partial charge in [-0.25, -0.2) is 0 Å². The number of hydrogen-bond donors (Lipinski definition) is 0. The summed E-state index contributed by atoms with van der Waals surface area (Å²) in [5, 5.41) is 5.46. The predicted molar refractivity (Wildman–Crippen MR) is 252 cm³/mol. The quantitative estimate of drug-likeness (QED) is 0.115. The van der Waals surface area contributed by atoms with Crippen molar-refractivity contribution in [2.75, 3.05) is 0 Å². The second-order valence-corrected chi connectivity index (χ2v) is 25.0. The molecule has 0 nitrogen and oxygen atoms in total. The van der Waals surface area contributed by atoms with Crippen LogP contribution in [0.15, 0.2) is 109 Å². The predicted octanol–water partition coefficient (Wildman–Crippen LogP) is 17.7. The maximum atomic E-state index is 11.2. The number of rotatable bonds is 6. The third-order valence-electron chi connectivity index (χ3n) is 9.87. The summed E-state index contributed by atoms with van der Waals surface area (Å²) in [5.41, 5.74) is 12.0. The summed E-state index contributed by atoms with van der Waals surface area (Å²) in [6.07, 6.45) is -2.33. The molecule has 0 saturated carbocycles. The zero-order chi connectivity index (χ0) is 44.4. The van der Waals surface area contributed by atoms with E-state index in [-0.39, 0.29) is 16.9 Å². The Morgan fingerprint density at radius 1 is 0.542 bits per heavy atom. The van der Waals surface area contributed by atoms with Crippen LogP contribution in [0.4, 0.5) is 13.2 Å². The van der Waals surface area contributed by atoms with Crippen LogP contribution in [-0.4, -0.2) is 15.7 Å². The Balaban J connectivity index is 0.000000253. The molecule has 7 heteroatoms. The van der Waals surface area contributed by atoms with Crippen LogP contribution >= 0.6 is 17.0 Å². The molecule has 0 N–H and O–H groups in total. The van der Waals surface area contributed by atoms with Crippen LogP contribution in [0.2, 0.25) is 12.6 Å². The molecule has 0 aliphatic rings. The van der Waals surface area contributed by atoms with Gasteiger partial charge in [0.25, 0.3) is 0 Å². The molecule has 316 valence electrons. The fourth-order valence-electron chi connectivity index (χ4n) is 7.09. The van der Waals surface area contributed by atoms with Crippen molar-refractivity contribution in [3.8, 4) is 22.3 Å². The van der Waals surface area contributed by atoms with Gasteiger partial charge in [0.15, 0.2) is 0 Å². The minimum atomic E-state index is -3.94. The van der Waals surface area contributed by atoms with Gasteiger partial charge in [-0.3, -0.25) is 0 Å². The van der Waals surface area contributed by atoms with Gasteiger partial charge in [0.05, 0.1) is 0 Å². The second-order valence-electron chi connectivity index (χ2n) is 20.0. The Labute approximate surface area is 375 Å². The Morgan fingerprint density at radius 2 is 0.881 bits per heavy atom. The molecule has 6 rings (SSSR count). The van der Waals surface area contributed by atoms with Gasteiger partial charge in [0.2, 0.25) is 0 Å². The van der Waals surface area contributed by atoms with Crippen molar-refractivity contribution in [3.05, 3.63) is 131 Å².